The van der Waals surface area contributed by atoms with Gasteiger partial charge < -0.3 is 75.6 Å². The normalized spacial score (nSPS) is 17.2. The number of hydrogen-bond acceptors (Lipinski definition) is 9. The van der Waals surface area contributed by atoms with Crippen molar-refractivity contribution in [2.24, 2.45) is 0 Å². The molecule has 0 saturated carbocycles. The minimum atomic E-state index is -0.567. The summed E-state index contributed by atoms with van der Waals surface area (Å²) in [5.41, 5.74) is 26.5. The molecule has 0 spiro atoms. The number of nitrogens with one attached hydrogen (secondary N) is 11. The van der Waals surface area contributed by atoms with Crippen molar-refractivity contribution in [1.82, 2.24) is 66.3 Å². The van der Waals surface area contributed by atoms with Crippen LogP contribution in [-0.2, 0) is 43.3 Å². The molecule has 141 heavy (non-hydrogen) atoms. The Hall–Kier alpha value is -10.9. The number of ether oxygens (including phenoxy) is 3. The highest BCUT2D eigenvalue weighted by molar-refractivity contribution is 9.10. The number of carbonyl (C=O) groups is 2. The molecule has 0 aliphatic carbocycles. The van der Waals surface area contributed by atoms with Crippen molar-refractivity contribution in [1.29, 1.82) is 0 Å². The number of H-pyrrole nitrogens is 6. The highest BCUT2D eigenvalue weighted by Gasteiger charge is 2.40. The van der Waals surface area contributed by atoms with Gasteiger partial charge in [0.1, 0.15) is 29.2 Å². The number of amides is 3. The smallest absolute Gasteiger partial charge is 0.410 e. The molecule has 24 rings (SSSR count). The van der Waals surface area contributed by atoms with E-state index in [2.05, 4.69) is 109 Å². The van der Waals surface area contributed by atoms with Crippen LogP contribution >= 0.6 is 132 Å². The summed E-state index contributed by atoms with van der Waals surface area (Å²) in [6.07, 6.45) is 5.03. The first-order valence-corrected chi connectivity index (χ1v) is 51.0. The van der Waals surface area contributed by atoms with Crippen molar-refractivity contribution in [2.45, 2.75) is 88.6 Å². The largest absolute Gasteiger partial charge is 0.497 e. The second-order valence-electron chi connectivity index (χ2n) is 35.1. The van der Waals surface area contributed by atoms with Crippen LogP contribution in [-0.4, -0.2) is 118 Å². The minimum absolute atomic E-state index is 0.0149. The van der Waals surface area contributed by atoms with Gasteiger partial charge >= 0.3 is 12.1 Å². The lowest BCUT2D eigenvalue weighted by atomic mass is 9.92. The summed E-state index contributed by atoms with van der Waals surface area (Å²) < 4.78 is 44.3. The Bertz CT molecular complexity index is 7720. The summed E-state index contributed by atoms with van der Waals surface area (Å²) in [6.45, 7) is 9.42. The van der Waals surface area contributed by atoms with E-state index in [0.29, 0.717) is 61.9 Å². The summed E-state index contributed by atoms with van der Waals surface area (Å²) in [5.74, 6) is 0.398. The van der Waals surface area contributed by atoms with Gasteiger partial charge in [-0.15, -0.1) is 0 Å². The van der Waals surface area contributed by atoms with Crippen LogP contribution < -0.4 is 36.1 Å². The van der Waals surface area contributed by atoms with Crippen LogP contribution in [0.1, 0.15) is 151 Å². The molecule has 12 aromatic carbocycles. The molecule has 18 aromatic rings. The molecule has 722 valence electrons. The van der Waals surface area contributed by atoms with Crippen LogP contribution in [0, 0.1) is 11.6 Å². The quantitative estimate of drug-likeness (QED) is 0.0626. The zero-order chi connectivity index (χ0) is 98.1. The fourth-order valence-corrected chi connectivity index (χ4v) is 22.5. The van der Waals surface area contributed by atoms with Crippen molar-refractivity contribution in [2.75, 3.05) is 66.6 Å². The summed E-state index contributed by atoms with van der Waals surface area (Å²) in [7, 11) is 3.29. The monoisotopic (exact) mass is 2150 g/mol. The van der Waals surface area contributed by atoms with Crippen LogP contribution in [0.3, 0.4) is 0 Å². The second kappa shape index (κ2) is 43.3. The van der Waals surface area contributed by atoms with Crippen molar-refractivity contribution in [3.05, 3.63) is 404 Å². The molecule has 6 aromatic heterocycles. The maximum atomic E-state index is 13.5. The first-order valence-electron chi connectivity index (χ1n) is 46.5. The van der Waals surface area contributed by atoms with Gasteiger partial charge in [0.15, 0.2) is 0 Å². The van der Waals surface area contributed by atoms with Gasteiger partial charge in [-0.05, 0) is 283 Å². The standard InChI is InChI=1S/C21H22ClN3O2.C21H21ClN2O3.C17H14BrClN2.2C17H13Cl3N2.C17H13ClF2N2/c1-3-23-21(26)25-11-10-16-17-12-14(22)6-9-18(17)24-19(16)20(25)13-4-7-15(27-2)8-5-13;1-3-27-21(25)24-11-10-14-16-12-13(22)8-9-17(16)23-19(14)20(24)15-6-4-5-7-18(15)26-2;18-11-3-1-10(2-4-11)16-17-13(7-8-20-16)14-9-12(19)5-6-15(14)21-17;18-10-2-4-15-12(8-10)11-5-6-21-16(17(11)22-15)9-1-3-13(19)14(20)7-9;18-9-4-5-14-12(8-9)10-6-7-21-16(17(10)22-14)11-2-1-3-13(19)15(11)20;18-10-1-2-15-14(7-10)13-3-4-21-16(17(13)22-15)9-5-11(19)8-12(20)6-9/h4-9,12,20,24H,3,10-11H2,1-2H3,(H,23,26);4-9,12,20,23H,3,10-11H2,1-2H3;1-6,9,16,20-21H,7-8H2;1-4,7-8,16,21-22H,5-6H2;1-5,8,16,21-22H,6-7H2;1-2,5-8,16,21-22H,3-4H2. The number of urea groups is 1. The molecule has 11 N–H and O–H groups in total. The molecule has 3 amide bonds. The number of aromatic amines is 6. The van der Waals surface area contributed by atoms with E-state index in [-0.39, 0.29) is 48.4 Å². The van der Waals surface area contributed by atoms with Gasteiger partial charge in [0.2, 0.25) is 0 Å². The van der Waals surface area contributed by atoms with Gasteiger partial charge in [0, 0.05) is 192 Å². The van der Waals surface area contributed by atoms with Gasteiger partial charge in [0.25, 0.3) is 0 Å². The molecule has 6 atom stereocenters. The van der Waals surface area contributed by atoms with E-state index < -0.39 is 11.6 Å². The average molecular weight is 2150 g/mol. The number of rotatable bonds is 10. The maximum Gasteiger partial charge on any atom is 0.410 e. The van der Waals surface area contributed by atoms with E-state index in [9.17, 15) is 18.4 Å². The Kier molecular flexibility index (Phi) is 30.4. The van der Waals surface area contributed by atoms with E-state index in [0.717, 1.165) is 207 Å². The van der Waals surface area contributed by atoms with E-state index >= 15 is 0 Å². The van der Waals surface area contributed by atoms with Gasteiger partial charge in [-0.1, -0.05) is 193 Å². The molecular formula is C110H96BrCl10F2N13O5. The van der Waals surface area contributed by atoms with Crippen molar-refractivity contribution in [3.63, 3.8) is 0 Å². The lowest BCUT2D eigenvalue weighted by Crippen LogP contribution is -2.46. The third-order valence-corrected chi connectivity index (χ3v) is 30.3. The topological polar surface area (TPSA) is 223 Å². The maximum absolute atomic E-state index is 13.5. The molecule has 6 aliphatic heterocycles. The van der Waals surface area contributed by atoms with E-state index in [1.165, 1.54) is 73.1 Å². The van der Waals surface area contributed by atoms with Crippen LogP contribution in [0.2, 0.25) is 50.2 Å². The Morgan fingerprint density at radius 2 is 0.759 bits per heavy atom. The Morgan fingerprint density at radius 1 is 0.369 bits per heavy atom. The molecule has 0 saturated heterocycles. The third-order valence-electron chi connectivity index (χ3n) is 26.8. The number of methoxy groups -OCH3 is 2. The number of carbonyl (C=O) groups excluding carboxylic acids is 2. The van der Waals surface area contributed by atoms with Crippen LogP contribution in [0.25, 0.3) is 65.4 Å². The Balaban J connectivity index is 0.000000108. The highest BCUT2D eigenvalue weighted by atomic mass is 79.9. The second-order valence-corrected chi connectivity index (χ2v) is 40.2. The predicted molar refractivity (Wildman–Crippen MR) is 574 cm³/mol. The zero-order valence-electron chi connectivity index (χ0n) is 76.7. The molecular weight excluding hydrogens is 2060 g/mol. The molecule has 31 heteroatoms. The number of hydrogen-bond donors (Lipinski definition) is 11. The van der Waals surface area contributed by atoms with Gasteiger partial charge in [-0.3, -0.25) is 4.90 Å². The summed E-state index contributed by atoms with van der Waals surface area (Å²) in [6, 6.07) is 74.2. The Labute approximate surface area is 871 Å². The van der Waals surface area contributed by atoms with Crippen molar-refractivity contribution in [3.8, 4) is 11.5 Å². The molecule has 12 heterocycles. The number of nitrogens with zero attached hydrogens (tertiary/aromatic N) is 2. The summed E-state index contributed by atoms with van der Waals surface area (Å²) in [5, 5.41) is 30.6. The number of para-hydroxylation sites is 1. The fourth-order valence-electron chi connectivity index (χ4n) is 20.5. The highest BCUT2D eigenvalue weighted by Crippen LogP contribution is 2.47. The third kappa shape index (κ3) is 20.7. The zero-order valence-corrected chi connectivity index (χ0v) is 85.9. The van der Waals surface area contributed by atoms with Crippen molar-refractivity contribution >= 4 is 209 Å². The first kappa shape index (κ1) is 98.9. The fraction of sp³-hybridized carbons (Fsp3) is 0.218. The summed E-state index contributed by atoms with van der Waals surface area (Å²) >= 11 is 65.3. The van der Waals surface area contributed by atoms with E-state index in [1.54, 1.807) is 19.1 Å². The number of fused-ring (bicyclic) bond motifs is 18. The van der Waals surface area contributed by atoms with Gasteiger partial charge in [0.05, 0.1) is 71.1 Å². The molecule has 0 radical (unpaired) electrons. The summed E-state index contributed by atoms with van der Waals surface area (Å²) in [4.78, 5) is 50.1. The number of halogens is 13. The van der Waals surface area contributed by atoms with Gasteiger partial charge in [-0.2, -0.15) is 0 Å². The predicted octanol–water partition coefficient (Wildman–Crippen LogP) is 29.3. The molecule has 6 aliphatic rings. The average Bonchev–Trinajstić information content (AvgIpc) is 1.61. The SMILES string of the molecule is CCNC(=O)N1CCc2c([nH]c3ccc(Cl)cc23)C1c1ccc(OC)cc1.CCOC(=O)N1CCc2c([nH]c3ccc(Cl)cc23)C1c1ccccc1OC.Clc1ccc2[nH]c3c(c2c1)CCNC3c1ccc(Br)cc1.Clc1ccc2[nH]c3c(c2c1)CCNC3c1ccc(Cl)c(Cl)c1.Clc1ccc2[nH]c3c(c2c1)CCNC3c1cccc(Cl)c1Cl.Fc1cc(F)cc(C2NCCc3c2[nH]c2ccc(Cl)cc32)c1. The molecule has 0 fully saturated rings. The lowest BCUT2D eigenvalue weighted by Gasteiger charge is -2.36. The van der Waals surface area contributed by atoms with E-state index in [4.69, 9.17) is 130 Å². The minimum Gasteiger partial charge on any atom is -0.497 e. The van der Waals surface area contributed by atoms with Crippen LogP contribution in [0.15, 0.2) is 241 Å². The first-order chi connectivity index (χ1) is 68.4. The molecule has 18 nitrogen and oxygen atoms in total. The van der Waals surface area contributed by atoms with Crippen LogP contribution in [0.5, 0.6) is 11.5 Å². The number of benzene rings is 12. The van der Waals surface area contributed by atoms with E-state index in [1.807, 2.05) is 201 Å². The number of aromatic nitrogens is 6. The lowest BCUT2D eigenvalue weighted by molar-refractivity contribution is 0.0927. The van der Waals surface area contributed by atoms with Gasteiger partial charge in [-0.25, -0.2) is 18.4 Å². The molecule has 6 unspecified atom stereocenters. The van der Waals surface area contributed by atoms with Crippen LogP contribution in [0.4, 0.5) is 18.4 Å². The van der Waals surface area contributed by atoms with Crippen molar-refractivity contribution < 1.29 is 32.6 Å². The molecule has 0 bridgehead atoms. The Morgan fingerprint density at radius 3 is 1.20 bits per heavy atom.